The van der Waals surface area contributed by atoms with Crippen LogP contribution in [0.4, 0.5) is 5.69 Å². The van der Waals surface area contributed by atoms with Gasteiger partial charge in [0.05, 0.1) is 0 Å². The molecule has 0 aromatic heterocycles. The van der Waals surface area contributed by atoms with Crippen LogP contribution in [0.25, 0.3) is 0 Å². The Morgan fingerprint density at radius 1 is 1.05 bits per heavy atom. The van der Waals surface area contributed by atoms with Crippen LogP contribution in [0.3, 0.4) is 0 Å². The maximum absolute atomic E-state index is 5.97. The highest BCUT2D eigenvalue weighted by Gasteiger charge is 2.31. The summed E-state index contributed by atoms with van der Waals surface area (Å²) in [4.78, 5) is 0. The summed E-state index contributed by atoms with van der Waals surface area (Å²) in [5.41, 5.74) is 3.40. The van der Waals surface area contributed by atoms with Crippen molar-refractivity contribution < 1.29 is 9.47 Å². The summed E-state index contributed by atoms with van der Waals surface area (Å²) < 4.78 is 11.4. The summed E-state index contributed by atoms with van der Waals surface area (Å²) in [5, 5.41) is 4.16. The van der Waals surface area contributed by atoms with Crippen molar-refractivity contribution in [3.63, 3.8) is 0 Å². The predicted octanol–water partition coefficient (Wildman–Crippen LogP) is 4.77. The molecule has 0 saturated heterocycles. The van der Waals surface area contributed by atoms with Gasteiger partial charge >= 0.3 is 0 Å². The molecule has 110 valence electrons. The third-order valence-corrected chi connectivity index (χ3v) is 3.68. The number of halogens is 1. The lowest BCUT2D eigenvalue weighted by Crippen LogP contribution is -2.29. The normalized spacial score (nSPS) is 15.0. The number of ether oxygens (including phenoxy) is 2. The second kappa shape index (κ2) is 5.15. The molecule has 0 bridgehead atoms. The molecule has 21 heavy (non-hydrogen) atoms. The minimum atomic E-state index is -0.590. The second-order valence-electron chi connectivity index (χ2n) is 5.69. The first-order valence-corrected chi connectivity index (χ1v) is 7.32. The third-order valence-electron chi connectivity index (χ3n) is 3.44. The molecular formula is C17H18ClNO2. The van der Waals surface area contributed by atoms with E-state index in [4.69, 9.17) is 21.1 Å². The fraction of sp³-hybridized carbons (Fsp3) is 0.294. The number of anilines is 1. The maximum Gasteiger partial charge on any atom is 0.246 e. The van der Waals surface area contributed by atoms with Crippen molar-refractivity contribution in [3.8, 4) is 11.5 Å². The summed E-state index contributed by atoms with van der Waals surface area (Å²) in [6.45, 7) is 6.60. The number of hydrogen-bond acceptors (Lipinski definition) is 3. The molecule has 0 amide bonds. The van der Waals surface area contributed by atoms with Gasteiger partial charge in [-0.2, -0.15) is 0 Å². The highest BCUT2D eigenvalue weighted by molar-refractivity contribution is 6.30. The zero-order chi connectivity index (χ0) is 15.0. The Kier molecular flexibility index (Phi) is 3.46. The van der Waals surface area contributed by atoms with Gasteiger partial charge in [0.2, 0.25) is 5.79 Å². The van der Waals surface area contributed by atoms with Gasteiger partial charge in [-0.1, -0.05) is 17.7 Å². The van der Waals surface area contributed by atoms with E-state index in [1.807, 2.05) is 50.2 Å². The molecule has 2 aromatic rings. The minimum absolute atomic E-state index is 0.590. The van der Waals surface area contributed by atoms with Crippen molar-refractivity contribution in [3.05, 3.63) is 52.5 Å². The van der Waals surface area contributed by atoms with Crippen LogP contribution in [0.2, 0.25) is 5.02 Å². The average Bonchev–Trinajstić information content (AvgIpc) is 2.70. The zero-order valence-electron chi connectivity index (χ0n) is 12.4. The van der Waals surface area contributed by atoms with Crippen LogP contribution in [0.15, 0.2) is 36.4 Å². The summed E-state index contributed by atoms with van der Waals surface area (Å²) in [6, 6.07) is 11.8. The minimum Gasteiger partial charge on any atom is -0.449 e. The fourth-order valence-electron chi connectivity index (χ4n) is 2.39. The van der Waals surface area contributed by atoms with E-state index in [9.17, 15) is 0 Å². The highest BCUT2D eigenvalue weighted by atomic mass is 35.5. The molecule has 3 nitrogen and oxygen atoms in total. The van der Waals surface area contributed by atoms with Crippen molar-refractivity contribution in [2.45, 2.75) is 33.1 Å². The number of fused-ring (bicyclic) bond motifs is 1. The van der Waals surface area contributed by atoms with E-state index in [1.165, 1.54) is 11.1 Å². The maximum atomic E-state index is 5.97. The van der Waals surface area contributed by atoms with Gasteiger partial charge in [0.1, 0.15) is 0 Å². The number of hydrogen-bond donors (Lipinski definition) is 1. The molecule has 0 radical (unpaired) electrons. The van der Waals surface area contributed by atoms with Crippen LogP contribution in [0.1, 0.15) is 25.0 Å². The predicted molar refractivity (Wildman–Crippen MR) is 85.3 cm³/mol. The van der Waals surface area contributed by atoms with E-state index in [2.05, 4.69) is 12.2 Å². The molecule has 0 aliphatic carbocycles. The highest BCUT2D eigenvalue weighted by Crippen LogP contribution is 2.40. The molecule has 0 fully saturated rings. The van der Waals surface area contributed by atoms with Crippen molar-refractivity contribution in [2.75, 3.05) is 5.32 Å². The molecule has 0 atom stereocenters. The monoisotopic (exact) mass is 303 g/mol. The Bertz CT molecular complexity index is 682. The lowest BCUT2D eigenvalue weighted by molar-refractivity contribution is -0.0431. The molecule has 4 heteroatoms. The van der Waals surface area contributed by atoms with Crippen molar-refractivity contribution in [1.82, 2.24) is 0 Å². The van der Waals surface area contributed by atoms with Gasteiger partial charge in [0, 0.05) is 37.2 Å². The van der Waals surface area contributed by atoms with E-state index in [1.54, 1.807) is 0 Å². The lowest BCUT2D eigenvalue weighted by atomic mass is 10.1. The first-order valence-electron chi connectivity index (χ1n) is 6.94. The van der Waals surface area contributed by atoms with E-state index in [0.29, 0.717) is 0 Å². The molecule has 1 N–H and O–H groups in total. The Morgan fingerprint density at radius 3 is 2.57 bits per heavy atom. The van der Waals surface area contributed by atoms with Gasteiger partial charge in [0.25, 0.3) is 0 Å². The summed E-state index contributed by atoms with van der Waals surface area (Å²) in [5.74, 6) is 0.972. The van der Waals surface area contributed by atoms with Crippen LogP contribution in [0.5, 0.6) is 11.5 Å². The summed E-state index contributed by atoms with van der Waals surface area (Å²) in [7, 11) is 0. The van der Waals surface area contributed by atoms with Crippen LogP contribution in [-0.2, 0) is 6.54 Å². The van der Waals surface area contributed by atoms with Gasteiger partial charge < -0.3 is 14.8 Å². The molecule has 0 spiro atoms. The number of benzene rings is 2. The van der Waals surface area contributed by atoms with Gasteiger partial charge in [-0.05, 0) is 42.3 Å². The van der Waals surface area contributed by atoms with Crippen molar-refractivity contribution in [2.24, 2.45) is 0 Å². The van der Waals surface area contributed by atoms with E-state index >= 15 is 0 Å². The SMILES string of the molecule is Cc1cc(Cl)ccc1CNc1ccc2c(c1)OC(C)(C)O2. The second-order valence-corrected chi connectivity index (χ2v) is 6.13. The van der Waals surface area contributed by atoms with Crippen LogP contribution < -0.4 is 14.8 Å². The molecule has 1 aliphatic heterocycles. The standard InChI is InChI=1S/C17H18ClNO2/c1-11-8-13(18)5-4-12(11)10-19-14-6-7-15-16(9-14)21-17(2,3)20-15/h4-9,19H,10H2,1-3H3. The van der Waals surface area contributed by atoms with E-state index < -0.39 is 5.79 Å². The van der Waals surface area contributed by atoms with Crippen LogP contribution >= 0.6 is 11.6 Å². The number of aryl methyl sites for hydroxylation is 1. The van der Waals surface area contributed by atoms with Gasteiger partial charge in [-0.15, -0.1) is 0 Å². The lowest BCUT2D eigenvalue weighted by Gasteiger charge is -2.16. The van der Waals surface area contributed by atoms with Gasteiger partial charge in [-0.3, -0.25) is 0 Å². The van der Waals surface area contributed by atoms with Crippen molar-refractivity contribution >= 4 is 17.3 Å². The molecule has 1 heterocycles. The van der Waals surface area contributed by atoms with Crippen LogP contribution in [0, 0.1) is 6.92 Å². The first kappa shape index (κ1) is 14.1. The van der Waals surface area contributed by atoms with Crippen LogP contribution in [-0.4, -0.2) is 5.79 Å². The smallest absolute Gasteiger partial charge is 0.246 e. The fourth-order valence-corrected chi connectivity index (χ4v) is 2.61. The Morgan fingerprint density at radius 2 is 1.81 bits per heavy atom. The number of nitrogens with one attached hydrogen (secondary N) is 1. The number of rotatable bonds is 3. The molecule has 2 aromatic carbocycles. The molecule has 0 saturated carbocycles. The van der Waals surface area contributed by atoms with Gasteiger partial charge in [-0.25, -0.2) is 0 Å². The third kappa shape index (κ3) is 3.08. The Balaban J connectivity index is 1.72. The Hall–Kier alpha value is -1.87. The summed E-state index contributed by atoms with van der Waals surface area (Å²) in [6.07, 6.45) is 0. The van der Waals surface area contributed by atoms with E-state index in [-0.39, 0.29) is 0 Å². The average molecular weight is 304 g/mol. The van der Waals surface area contributed by atoms with Gasteiger partial charge in [0.15, 0.2) is 11.5 Å². The zero-order valence-corrected chi connectivity index (χ0v) is 13.1. The molecule has 1 aliphatic rings. The molecule has 3 rings (SSSR count). The Labute approximate surface area is 129 Å². The molecule has 0 unspecified atom stereocenters. The largest absolute Gasteiger partial charge is 0.449 e. The topological polar surface area (TPSA) is 30.5 Å². The quantitative estimate of drug-likeness (QED) is 0.886. The first-order chi connectivity index (χ1) is 9.93. The van der Waals surface area contributed by atoms with E-state index in [0.717, 1.165) is 28.8 Å². The van der Waals surface area contributed by atoms with Crippen molar-refractivity contribution in [1.29, 1.82) is 0 Å². The summed E-state index contributed by atoms with van der Waals surface area (Å²) >= 11 is 5.97. The molecular weight excluding hydrogens is 286 g/mol.